The maximum absolute atomic E-state index is 13.0. The summed E-state index contributed by atoms with van der Waals surface area (Å²) >= 11 is 0. The van der Waals surface area contributed by atoms with Gasteiger partial charge in [0.15, 0.2) is 11.4 Å². The maximum Gasteiger partial charge on any atom is 0.247 e. The van der Waals surface area contributed by atoms with Crippen LogP contribution in [0.3, 0.4) is 0 Å². The number of allylic oxidation sites excluding steroid dienone is 1. The van der Waals surface area contributed by atoms with Gasteiger partial charge < -0.3 is 26.0 Å². The van der Waals surface area contributed by atoms with Gasteiger partial charge in [0.25, 0.3) is 0 Å². The number of aromatic nitrogens is 4. The van der Waals surface area contributed by atoms with Gasteiger partial charge in [-0.2, -0.15) is 5.10 Å². The largest absolute Gasteiger partial charge is 0.455 e. The number of nitrogens with one attached hydrogen (secondary N) is 2. The first-order valence-corrected chi connectivity index (χ1v) is 18.6. The third-order valence-corrected chi connectivity index (χ3v) is 11.0. The van der Waals surface area contributed by atoms with Crippen molar-refractivity contribution in [3.05, 3.63) is 79.7 Å². The summed E-state index contributed by atoms with van der Waals surface area (Å²) in [6, 6.07) is 15.0. The second kappa shape index (κ2) is 16.5. The zero-order valence-electron chi connectivity index (χ0n) is 30.6. The van der Waals surface area contributed by atoms with Gasteiger partial charge in [0, 0.05) is 37.7 Å². The van der Waals surface area contributed by atoms with Crippen LogP contribution in [-0.4, -0.2) is 62.6 Å². The molecule has 1 aliphatic carbocycles. The number of para-hydroxylation sites is 1. The fourth-order valence-corrected chi connectivity index (χ4v) is 7.78. The highest BCUT2D eigenvalue weighted by Gasteiger charge is 2.32. The van der Waals surface area contributed by atoms with E-state index in [0.717, 1.165) is 70.1 Å². The van der Waals surface area contributed by atoms with Crippen LogP contribution in [0.5, 0.6) is 11.5 Å². The highest BCUT2D eigenvalue weighted by molar-refractivity contribution is 6.02. The van der Waals surface area contributed by atoms with Crippen molar-refractivity contribution in [2.75, 3.05) is 37.2 Å². The molecule has 11 heteroatoms. The molecule has 2 aromatic heterocycles. The van der Waals surface area contributed by atoms with Crippen molar-refractivity contribution in [2.24, 2.45) is 11.3 Å². The molecular weight excluding hydrogens is 653 g/mol. The number of rotatable bonds is 14. The van der Waals surface area contributed by atoms with Crippen molar-refractivity contribution in [3.63, 3.8) is 0 Å². The van der Waals surface area contributed by atoms with E-state index in [-0.39, 0.29) is 23.8 Å². The minimum atomic E-state index is -0.361. The number of benzene rings is 2. The standard InChI is InChI=1S/C41H52N8O3/c1-5-35(50)46-33-25-30(14-15-34(33)52-32-12-8-7-9-13-32)37-36-38(42)44-27-45-39(36)49(47-37)31-17-22-48(23-18-31)24-21-43-40(51)29(4)16-20-41(6-2)19-10-11-28(3)26-41/h5,7-9,12-15,25,27,29,31H,1,3,6,10-11,16-24,26H2,2,4H3,(H,43,51)(H,46,50)(H2,42,44,45). The van der Waals surface area contributed by atoms with E-state index in [1.807, 2.05) is 47.1 Å². The number of anilines is 2. The highest BCUT2D eigenvalue weighted by atomic mass is 16.5. The number of hydrogen-bond donors (Lipinski definition) is 3. The minimum absolute atomic E-state index is 0.00278. The third-order valence-electron chi connectivity index (χ3n) is 11.0. The molecular formula is C41H52N8O3. The summed E-state index contributed by atoms with van der Waals surface area (Å²) in [5, 5.41) is 11.8. The number of nitrogen functional groups attached to an aromatic ring is 1. The Bertz CT molecular complexity index is 1900. The Morgan fingerprint density at radius 2 is 1.94 bits per heavy atom. The first kappa shape index (κ1) is 36.8. The Hall–Kier alpha value is -5.03. The number of carbonyl (C=O) groups excluding carboxylic acids is 2. The molecule has 2 amide bonds. The number of likely N-dealkylation sites (tertiary alicyclic amines) is 1. The third kappa shape index (κ3) is 8.53. The van der Waals surface area contributed by atoms with Gasteiger partial charge in [-0.1, -0.05) is 57.2 Å². The van der Waals surface area contributed by atoms with Crippen molar-refractivity contribution in [2.45, 2.75) is 77.7 Å². The van der Waals surface area contributed by atoms with E-state index in [9.17, 15) is 9.59 Å². The first-order valence-electron chi connectivity index (χ1n) is 18.6. The number of amides is 2. The zero-order valence-corrected chi connectivity index (χ0v) is 30.6. The Morgan fingerprint density at radius 3 is 2.67 bits per heavy atom. The zero-order chi connectivity index (χ0) is 36.7. The summed E-state index contributed by atoms with van der Waals surface area (Å²) in [4.78, 5) is 36.7. The molecule has 2 aromatic carbocycles. The van der Waals surface area contributed by atoms with Crippen molar-refractivity contribution >= 4 is 34.4 Å². The lowest BCUT2D eigenvalue weighted by Crippen LogP contribution is -2.41. The van der Waals surface area contributed by atoms with Crippen molar-refractivity contribution in [1.29, 1.82) is 0 Å². The molecule has 52 heavy (non-hydrogen) atoms. The van der Waals surface area contributed by atoms with Gasteiger partial charge in [-0.3, -0.25) is 9.59 Å². The molecule has 274 valence electrons. The Labute approximate surface area is 306 Å². The van der Waals surface area contributed by atoms with E-state index >= 15 is 0 Å². The predicted octanol–water partition coefficient (Wildman–Crippen LogP) is 7.69. The number of hydrogen-bond acceptors (Lipinski definition) is 8. The van der Waals surface area contributed by atoms with Crippen LogP contribution in [0.1, 0.15) is 77.7 Å². The summed E-state index contributed by atoms with van der Waals surface area (Å²) in [6.07, 6.45) is 12.3. The van der Waals surface area contributed by atoms with Crippen LogP contribution in [0.15, 0.2) is 79.7 Å². The van der Waals surface area contributed by atoms with Crippen LogP contribution in [0.4, 0.5) is 11.5 Å². The van der Waals surface area contributed by atoms with E-state index in [1.165, 1.54) is 30.8 Å². The molecule has 0 spiro atoms. The smallest absolute Gasteiger partial charge is 0.247 e. The molecule has 2 fully saturated rings. The maximum atomic E-state index is 13.0. The molecule has 2 aliphatic rings. The molecule has 6 rings (SSSR count). The summed E-state index contributed by atoms with van der Waals surface area (Å²) in [5.74, 6) is 1.25. The molecule has 0 bridgehead atoms. The van der Waals surface area contributed by atoms with Crippen molar-refractivity contribution < 1.29 is 14.3 Å². The predicted molar refractivity (Wildman–Crippen MR) is 207 cm³/mol. The normalized spacial score (nSPS) is 18.9. The average Bonchev–Trinajstić information content (AvgIpc) is 3.56. The number of nitrogens with zero attached hydrogens (tertiary/aromatic N) is 5. The molecule has 1 aliphatic heterocycles. The number of carbonyl (C=O) groups is 2. The second-order valence-corrected chi connectivity index (χ2v) is 14.5. The summed E-state index contributed by atoms with van der Waals surface area (Å²) in [5.41, 5.74) is 10.7. The lowest BCUT2D eigenvalue weighted by atomic mass is 9.67. The van der Waals surface area contributed by atoms with Crippen LogP contribution in [0.2, 0.25) is 0 Å². The minimum Gasteiger partial charge on any atom is -0.455 e. The van der Waals surface area contributed by atoms with Crippen LogP contribution in [-0.2, 0) is 9.59 Å². The van der Waals surface area contributed by atoms with E-state index in [2.05, 4.69) is 52.5 Å². The molecule has 1 saturated carbocycles. The van der Waals surface area contributed by atoms with E-state index in [1.54, 1.807) is 6.07 Å². The van der Waals surface area contributed by atoms with Gasteiger partial charge in [0.05, 0.1) is 17.1 Å². The molecule has 2 atom stereocenters. The fourth-order valence-electron chi connectivity index (χ4n) is 7.78. The number of piperidine rings is 1. The Morgan fingerprint density at radius 1 is 1.15 bits per heavy atom. The SMILES string of the molecule is C=CC(=O)Nc1cc(-c2nn(C3CCN(CCNC(=O)C(C)CCC4(CC)CCCC(=C)C4)CC3)c3ncnc(N)c23)ccc1Oc1ccccc1. The lowest BCUT2D eigenvalue weighted by Gasteiger charge is -2.38. The van der Waals surface area contributed by atoms with Crippen LogP contribution < -0.4 is 21.1 Å². The fraction of sp³-hybridized carbons (Fsp3) is 0.439. The van der Waals surface area contributed by atoms with Gasteiger partial charge in [-0.15, -0.1) is 0 Å². The summed E-state index contributed by atoms with van der Waals surface area (Å²) in [6.45, 7) is 15.4. The molecule has 3 heterocycles. The van der Waals surface area contributed by atoms with Gasteiger partial charge in [-0.05, 0) is 93.2 Å². The molecule has 11 nitrogen and oxygen atoms in total. The number of ether oxygens (including phenoxy) is 1. The van der Waals surface area contributed by atoms with Gasteiger partial charge >= 0.3 is 0 Å². The molecule has 4 aromatic rings. The van der Waals surface area contributed by atoms with Gasteiger partial charge in [0.1, 0.15) is 23.6 Å². The quantitative estimate of drug-likeness (QED) is 0.0897. The lowest BCUT2D eigenvalue weighted by molar-refractivity contribution is -0.125. The Kier molecular flexibility index (Phi) is 11.7. The topological polar surface area (TPSA) is 140 Å². The van der Waals surface area contributed by atoms with E-state index in [4.69, 9.17) is 15.6 Å². The molecule has 4 N–H and O–H groups in total. The van der Waals surface area contributed by atoms with Crippen molar-refractivity contribution in [3.8, 4) is 22.8 Å². The molecule has 1 saturated heterocycles. The summed E-state index contributed by atoms with van der Waals surface area (Å²) in [7, 11) is 0. The molecule has 0 radical (unpaired) electrons. The van der Waals surface area contributed by atoms with Gasteiger partial charge in [0.2, 0.25) is 11.8 Å². The highest BCUT2D eigenvalue weighted by Crippen LogP contribution is 2.45. The number of fused-ring (bicyclic) bond motifs is 1. The first-order chi connectivity index (χ1) is 25.2. The Balaban J connectivity index is 1.09. The van der Waals surface area contributed by atoms with Crippen LogP contribution >= 0.6 is 0 Å². The average molecular weight is 705 g/mol. The van der Waals surface area contributed by atoms with Crippen molar-refractivity contribution in [1.82, 2.24) is 30.0 Å². The summed E-state index contributed by atoms with van der Waals surface area (Å²) < 4.78 is 8.09. The monoisotopic (exact) mass is 704 g/mol. The van der Waals surface area contributed by atoms with Crippen LogP contribution in [0.25, 0.3) is 22.3 Å². The van der Waals surface area contributed by atoms with E-state index < -0.39 is 0 Å². The second-order valence-electron chi connectivity index (χ2n) is 14.5. The number of nitrogens with two attached hydrogens (primary N) is 1. The van der Waals surface area contributed by atoms with E-state index in [0.29, 0.717) is 51.7 Å². The van der Waals surface area contributed by atoms with Gasteiger partial charge in [-0.25, -0.2) is 14.6 Å². The van der Waals surface area contributed by atoms with Crippen LogP contribution in [0, 0.1) is 11.3 Å². The molecule has 2 unspecified atom stereocenters.